The number of esters is 1. The van der Waals surface area contributed by atoms with E-state index < -0.39 is 24.0 Å². The molecule has 7 nitrogen and oxygen atoms in total. The van der Waals surface area contributed by atoms with Crippen molar-refractivity contribution in [1.82, 2.24) is 10.2 Å². The number of benzene rings is 1. The van der Waals surface area contributed by atoms with Gasteiger partial charge in [-0.1, -0.05) is 29.3 Å². The monoisotopic (exact) mass is 414 g/mol. The van der Waals surface area contributed by atoms with Crippen molar-refractivity contribution in [3.8, 4) is 0 Å². The molecule has 1 aromatic carbocycles. The fourth-order valence-corrected chi connectivity index (χ4v) is 3.40. The highest BCUT2D eigenvalue weighted by Gasteiger charge is 2.37. The Hall–Kier alpha value is -2.25. The first kappa shape index (κ1) is 21.1. The van der Waals surface area contributed by atoms with E-state index in [0.717, 1.165) is 0 Å². The fraction of sp³-hybridized carbons (Fsp3) is 0.389. The molecule has 1 aromatic rings. The SMILES string of the molecule is CCOC(=O)C1=C(C)N(CCCC(=O)O)C(=O)N[C@@H]1c1ccc(Cl)cc1Cl. The topological polar surface area (TPSA) is 95.9 Å². The van der Waals surface area contributed by atoms with Gasteiger partial charge < -0.3 is 15.2 Å². The molecular formula is C18H20Cl2N2O5. The molecule has 1 aliphatic rings. The maximum absolute atomic E-state index is 12.6. The van der Waals surface area contributed by atoms with Crippen LogP contribution in [-0.4, -0.2) is 41.1 Å². The number of carboxylic acid groups (broad SMARTS) is 1. The quantitative estimate of drug-likeness (QED) is 0.662. The minimum atomic E-state index is -0.953. The van der Waals surface area contributed by atoms with Crippen LogP contribution >= 0.6 is 23.2 Å². The molecule has 9 heteroatoms. The lowest BCUT2D eigenvalue weighted by Gasteiger charge is -2.35. The van der Waals surface area contributed by atoms with Crippen molar-refractivity contribution in [2.45, 2.75) is 32.7 Å². The van der Waals surface area contributed by atoms with Crippen LogP contribution in [0.25, 0.3) is 0 Å². The largest absolute Gasteiger partial charge is 0.481 e. The van der Waals surface area contributed by atoms with Crippen molar-refractivity contribution in [2.24, 2.45) is 0 Å². The Balaban J connectivity index is 2.44. The zero-order chi connectivity index (χ0) is 20.1. The van der Waals surface area contributed by atoms with Crippen molar-refractivity contribution in [2.75, 3.05) is 13.2 Å². The number of amides is 2. The van der Waals surface area contributed by atoms with Gasteiger partial charge in [0, 0.05) is 28.7 Å². The van der Waals surface area contributed by atoms with Crippen LogP contribution in [0.15, 0.2) is 29.5 Å². The van der Waals surface area contributed by atoms with Crippen molar-refractivity contribution >= 4 is 41.2 Å². The number of rotatable bonds is 7. The molecule has 1 atom stereocenters. The summed E-state index contributed by atoms with van der Waals surface area (Å²) >= 11 is 12.2. The number of ether oxygens (including phenoxy) is 1. The van der Waals surface area contributed by atoms with Gasteiger partial charge in [-0.25, -0.2) is 9.59 Å². The fourth-order valence-electron chi connectivity index (χ4n) is 2.88. The minimum absolute atomic E-state index is 0.0851. The first-order chi connectivity index (χ1) is 12.8. The van der Waals surface area contributed by atoms with E-state index >= 15 is 0 Å². The molecule has 0 radical (unpaired) electrons. The molecule has 27 heavy (non-hydrogen) atoms. The maximum Gasteiger partial charge on any atom is 0.338 e. The highest BCUT2D eigenvalue weighted by molar-refractivity contribution is 6.35. The Morgan fingerprint density at radius 1 is 1.33 bits per heavy atom. The summed E-state index contributed by atoms with van der Waals surface area (Å²) in [5.74, 6) is -1.53. The summed E-state index contributed by atoms with van der Waals surface area (Å²) < 4.78 is 5.16. The minimum Gasteiger partial charge on any atom is -0.481 e. The summed E-state index contributed by atoms with van der Waals surface area (Å²) in [4.78, 5) is 37.2. The van der Waals surface area contributed by atoms with Gasteiger partial charge in [-0.15, -0.1) is 0 Å². The standard InChI is InChI=1S/C18H20Cl2N2O5/c1-3-27-17(25)15-10(2)22(8-4-5-14(23)24)18(26)21-16(15)12-7-6-11(19)9-13(12)20/h6-7,9,16H,3-5,8H2,1-2H3,(H,21,26)(H,23,24)/t16-/m1/s1. The third-order valence-corrected chi connectivity index (χ3v) is 4.70. The molecule has 1 heterocycles. The highest BCUT2D eigenvalue weighted by atomic mass is 35.5. The van der Waals surface area contributed by atoms with Crippen LogP contribution in [0.3, 0.4) is 0 Å². The van der Waals surface area contributed by atoms with E-state index in [1.165, 1.54) is 11.0 Å². The van der Waals surface area contributed by atoms with Crippen LogP contribution in [-0.2, 0) is 14.3 Å². The van der Waals surface area contributed by atoms with Gasteiger partial charge in [0.25, 0.3) is 0 Å². The Morgan fingerprint density at radius 2 is 2.04 bits per heavy atom. The van der Waals surface area contributed by atoms with Crippen LogP contribution < -0.4 is 5.32 Å². The summed E-state index contributed by atoms with van der Waals surface area (Å²) in [5, 5.41) is 12.3. The number of carboxylic acids is 1. The van der Waals surface area contributed by atoms with Gasteiger partial charge in [-0.05, 0) is 38.0 Å². The first-order valence-corrected chi connectivity index (χ1v) is 9.14. The van der Waals surface area contributed by atoms with Gasteiger partial charge in [0.2, 0.25) is 0 Å². The zero-order valence-electron chi connectivity index (χ0n) is 14.9. The van der Waals surface area contributed by atoms with E-state index in [4.69, 9.17) is 33.0 Å². The normalized spacial score (nSPS) is 17.0. The first-order valence-electron chi connectivity index (χ1n) is 8.38. The second kappa shape index (κ2) is 9.10. The molecule has 2 amide bonds. The number of aliphatic carboxylic acids is 1. The van der Waals surface area contributed by atoms with Gasteiger partial charge in [0.1, 0.15) is 0 Å². The molecule has 0 bridgehead atoms. The number of carbonyl (C=O) groups excluding carboxylic acids is 2. The van der Waals surface area contributed by atoms with Crippen LogP contribution in [0, 0.1) is 0 Å². The number of nitrogens with one attached hydrogen (secondary N) is 1. The van der Waals surface area contributed by atoms with Gasteiger partial charge >= 0.3 is 18.0 Å². The maximum atomic E-state index is 12.6. The zero-order valence-corrected chi connectivity index (χ0v) is 16.4. The van der Waals surface area contributed by atoms with E-state index in [0.29, 0.717) is 21.3 Å². The molecule has 2 rings (SSSR count). The third-order valence-electron chi connectivity index (χ3n) is 4.14. The molecule has 0 spiro atoms. The van der Waals surface area contributed by atoms with E-state index in [-0.39, 0.29) is 31.6 Å². The average molecular weight is 415 g/mol. The molecule has 0 saturated heterocycles. The number of hydrogen-bond acceptors (Lipinski definition) is 4. The van der Waals surface area contributed by atoms with E-state index in [9.17, 15) is 14.4 Å². The molecule has 0 aliphatic carbocycles. The van der Waals surface area contributed by atoms with Crippen molar-refractivity contribution in [3.63, 3.8) is 0 Å². The van der Waals surface area contributed by atoms with Gasteiger partial charge in [-0.3, -0.25) is 9.69 Å². The number of hydrogen-bond donors (Lipinski definition) is 2. The summed E-state index contributed by atoms with van der Waals surface area (Å²) in [6.45, 7) is 3.64. The molecule has 0 aromatic heterocycles. The number of allylic oxidation sites excluding steroid dienone is 1. The van der Waals surface area contributed by atoms with Gasteiger partial charge in [-0.2, -0.15) is 0 Å². The van der Waals surface area contributed by atoms with E-state index in [2.05, 4.69) is 5.32 Å². The number of urea groups is 1. The summed E-state index contributed by atoms with van der Waals surface area (Å²) in [6, 6.07) is 3.55. The summed E-state index contributed by atoms with van der Waals surface area (Å²) in [5.41, 5.74) is 1.16. The van der Waals surface area contributed by atoms with Crippen LogP contribution in [0.1, 0.15) is 38.3 Å². The van der Waals surface area contributed by atoms with Crippen LogP contribution in [0.4, 0.5) is 4.79 Å². The molecule has 0 unspecified atom stereocenters. The van der Waals surface area contributed by atoms with Crippen LogP contribution in [0.5, 0.6) is 0 Å². The lowest BCUT2D eigenvalue weighted by molar-refractivity contribution is -0.139. The third kappa shape index (κ3) is 4.93. The lowest BCUT2D eigenvalue weighted by Crippen LogP contribution is -2.48. The van der Waals surface area contributed by atoms with Crippen molar-refractivity contribution in [1.29, 1.82) is 0 Å². The second-order valence-corrected chi connectivity index (χ2v) is 6.76. The van der Waals surface area contributed by atoms with Crippen LogP contribution in [0.2, 0.25) is 10.0 Å². The van der Waals surface area contributed by atoms with E-state index in [1.807, 2.05) is 0 Å². The average Bonchev–Trinajstić information content (AvgIpc) is 2.57. The predicted octanol–water partition coefficient (Wildman–Crippen LogP) is 3.76. The van der Waals surface area contributed by atoms with Gasteiger partial charge in [0.15, 0.2) is 0 Å². The molecule has 0 fully saturated rings. The summed E-state index contributed by atoms with van der Waals surface area (Å²) in [7, 11) is 0. The number of nitrogens with zero attached hydrogens (tertiary/aromatic N) is 1. The molecular weight excluding hydrogens is 395 g/mol. The second-order valence-electron chi connectivity index (χ2n) is 5.92. The molecule has 146 valence electrons. The number of halogens is 2. The molecule has 1 aliphatic heterocycles. The summed E-state index contributed by atoms with van der Waals surface area (Å²) in [6.07, 6.45) is 0.167. The van der Waals surface area contributed by atoms with Crippen molar-refractivity contribution < 1.29 is 24.2 Å². The molecule has 2 N–H and O–H groups in total. The Labute approximate surface area is 166 Å². The van der Waals surface area contributed by atoms with Crippen molar-refractivity contribution in [3.05, 3.63) is 45.1 Å². The Morgan fingerprint density at radius 3 is 2.63 bits per heavy atom. The van der Waals surface area contributed by atoms with Gasteiger partial charge in [0.05, 0.1) is 18.2 Å². The van der Waals surface area contributed by atoms with E-state index in [1.54, 1.807) is 26.0 Å². The Bertz CT molecular complexity index is 794. The Kier molecular flexibility index (Phi) is 7.10. The smallest absolute Gasteiger partial charge is 0.338 e. The lowest BCUT2D eigenvalue weighted by atomic mass is 9.94. The predicted molar refractivity (Wildman–Crippen MR) is 101 cm³/mol. The molecule has 0 saturated carbocycles. The number of carbonyl (C=O) groups is 3. The highest BCUT2D eigenvalue weighted by Crippen LogP contribution is 2.35.